The molecule has 3 amide bonds. The van der Waals surface area contributed by atoms with Gasteiger partial charge in [-0.05, 0) is 50.8 Å². The van der Waals surface area contributed by atoms with Crippen LogP contribution in [0.4, 0.5) is 0 Å². The Morgan fingerprint density at radius 3 is 2.64 bits per heavy atom. The predicted octanol–water partition coefficient (Wildman–Crippen LogP) is 2.30. The number of allylic oxidation sites excluding steroid dienone is 1. The van der Waals surface area contributed by atoms with Crippen molar-refractivity contribution in [1.82, 2.24) is 20.0 Å². The fraction of sp³-hybridized carbons (Fsp3) is 0.609. The van der Waals surface area contributed by atoms with Crippen LogP contribution < -0.4 is 5.32 Å². The van der Waals surface area contributed by atoms with Gasteiger partial charge in [0.1, 0.15) is 6.04 Å². The Morgan fingerprint density at radius 1 is 1.15 bits per heavy atom. The van der Waals surface area contributed by atoms with Crippen LogP contribution in [0.15, 0.2) is 16.5 Å². The number of likely N-dealkylation sites (N-methyl/N-ethyl adjacent to an activating group) is 1. The first-order valence-electron chi connectivity index (χ1n) is 11.6. The van der Waals surface area contributed by atoms with Gasteiger partial charge < -0.3 is 20.0 Å². The Kier molecular flexibility index (Phi) is 6.75. The summed E-state index contributed by atoms with van der Waals surface area (Å²) in [6, 6.07) is 1.28. The third-order valence-corrected chi connectivity index (χ3v) is 9.72. The van der Waals surface area contributed by atoms with Crippen LogP contribution in [-0.2, 0) is 22.4 Å². The van der Waals surface area contributed by atoms with Crippen molar-refractivity contribution in [3.05, 3.63) is 31.8 Å². The Labute approximate surface area is 207 Å². The number of nitrogens with one attached hydrogen (secondary N) is 1. The first-order chi connectivity index (χ1) is 15.9. The molecule has 0 spiro atoms. The minimum absolute atomic E-state index is 0.00560. The van der Waals surface area contributed by atoms with E-state index < -0.39 is 6.04 Å². The number of likely N-dealkylation sites (tertiary alicyclic amines) is 2. The first kappa shape index (κ1) is 23.2. The summed E-state index contributed by atoms with van der Waals surface area (Å²) >= 11 is 8.95. The fourth-order valence-corrected chi connectivity index (χ4v) is 7.29. The molecule has 1 unspecified atom stereocenters. The van der Waals surface area contributed by atoms with Gasteiger partial charge in [0.2, 0.25) is 11.8 Å². The van der Waals surface area contributed by atoms with Crippen LogP contribution in [0, 0.1) is 0 Å². The zero-order valence-electron chi connectivity index (χ0n) is 18.7. The summed E-state index contributed by atoms with van der Waals surface area (Å²) in [6.07, 6.45) is 5.83. The second-order valence-corrected chi connectivity index (χ2v) is 12.3. The van der Waals surface area contributed by atoms with Crippen LogP contribution in [0.1, 0.15) is 39.4 Å². The Bertz CT molecular complexity index is 967. The van der Waals surface area contributed by atoms with Gasteiger partial charge in [0, 0.05) is 43.6 Å². The summed E-state index contributed by atoms with van der Waals surface area (Å²) in [7, 11) is 2.13. The smallest absolute Gasteiger partial charge is 0.264 e. The number of rotatable bonds is 4. The maximum absolute atomic E-state index is 13.6. The molecule has 2 saturated heterocycles. The van der Waals surface area contributed by atoms with Crippen molar-refractivity contribution in [1.29, 1.82) is 0 Å². The standard InChI is InChI=1S/C23H29ClN4O3S2/c1-26-9-5-14-11-19(32-17(14)6-10-26)23(31)28-13-15(12-16(28)22(30)27-7-2-8-27)25-21(29)18-3-4-20(24)33-18/h4,11,15-16,18H,2-3,5-10,12-13H2,1H3,(H,25,29)/t15-,16+,18?/m1/s1. The Balaban J connectivity index is 1.31. The summed E-state index contributed by atoms with van der Waals surface area (Å²) < 4.78 is 0.646. The quantitative estimate of drug-likeness (QED) is 0.675. The number of carbonyl (C=O) groups is 3. The summed E-state index contributed by atoms with van der Waals surface area (Å²) in [6.45, 7) is 3.84. The van der Waals surface area contributed by atoms with E-state index in [1.165, 1.54) is 22.2 Å². The molecule has 0 aliphatic carbocycles. The number of amides is 3. The molecule has 2 fully saturated rings. The van der Waals surface area contributed by atoms with Gasteiger partial charge in [-0.3, -0.25) is 14.4 Å². The second-order valence-electron chi connectivity index (χ2n) is 9.31. The van der Waals surface area contributed by atoms with Gasteiger partial charge in [-0.2, -0.15) is 0 Å². The molecule has 33 heavy (non-hydrogen) atoms. The van der Waals surface area contributed by atoms with E-state index in [2.05, 4.69) is 17.3 Å². The molecule has 1 aromatic heterocycles. The van der Waals surface area contributed by atoms with Crippen molar-refractivity contribution in [3.63, 3.8) is 0 Å². The third kappa shape index (κ3) is 4.83. The van der Waals surface area contributed by atoms with E-state index in [0.717, 1.165) is 45.4 Å². The lowest BCUT2D eigenvalue weighted by Crippen LogP contribution is -2.52. The van der Waals surface area contributed by atoms with E-state index in [1.807, 2.05) is 17.0 Å². The van der Waals surface area contributed by atoms with Gasteiger partial charge in [-0.25, -0.2) is 0 Å². The molecular formula is C23H29ClN4O3S2. The number of fused-ring (bicyclic) bond motifs is 1. The molecule has 7 nitrogen and oxygen atoms in total. The minimum Gasteiger partial charge on any atom is -0.351 e. The maximum Gasteiger partial charge on any atom is 0.264 e. The van der Waals surface area contributed by atoms with Gasteiger partial charge in [0.25, 0.3) is 5.91 Å². The largest absolute Gasteiger partial charge is 0.351 e. The highest BCUT2D eigenvalue weighted by molar-refractivity contribution is 8.06. The molecule has 1 aromatic rings. The lowest BCUT2D eigenvalue weighted by atomic mass is 10.1. The number of thiophene rings is 1. The summed E-state index contributed by atoms with van der Waals surface area (Å²) in [4.78, 5) is 47.3. The molecule has 178 valence electrons. The monoisotopic (exact) mass is 508 g/mol. The van der Waals surface area contributed by atoms with Crippen molar-refractivity contribution < 1.29 is 14.4 Å². The van der Waals surface area contributed by atoms with Gasteiger partial charge in [0.15, 0.2) is 0 Å². The SMILES string of the molecule is CN1CCc2cc(C(=O)N3C[C@H](NC(=O)C4CC=C(Cl)S4)C[C@H]3C(=O)N3CCC3)sc2CC1. The molecule has 4 aliphatic heterocycles. The molecule has 0 bridgehead atoms. The molecule has 1 N–H and O–H groups in total. The van der Waals surface area contributed by atoms with E-state index in [4.69, 9.17) is 11.6 Å². The van der Waals surface area contributed by atoms with Crippen LogP contribution in [0.2, 0.25) is 0 Å². The second kappa shape index (κ2) is 9.60. The van der Waals surface area contributed by atoms with Crippen molar-refractivity contribution in [2.45, 2.75) is 49.4 Å². The number of halogens is 1. The number of nitrogens with zero attached hydrogens (tertiary/aromatic N) is 3. The van der Waals surface area contributed by atoms with E-state index >= 15 is 0 Å². The average molecular weight is 509 g/mol. The number of carbonyl (C=O) groups excluding carboxylic acids is 3. The van der Waals surface area contributed by atoms with E-state index in [1.54, 1.807) is 16.2 Å². The highest BCUT2D eigenvalue weighted by Gasteiger charge is 2.44. The normalized spacial score (nSPS) is 27.6. The van der Waals surface area contributed by atoms with Crippen LogP contribution in [0.3, 0.4) is 0 Å². The predicted molar refractivity (Wildman–Crippen MR) is 132 cm³/mol. The van der Waals surface area contributed by atoms with Crippen molar-refractivity contribution in [2.75, 3.05) is 39.8 Å². The number of thioether (sulfide) groups is 1. The molecule has 0 aromatic carbocycles. The van der Waals surface area contributed by atoms with Crippen molar-refractivity contribution >= 4 is 52.4 Å². The van der Waals surface area contributed by atoms with Gasteiger partial charge in [-0.15, -0.1) is 23.1 Å². The van der Waals surface area contributed by atoms with Crippen LogP contribution in [-0.4, -0.2) is 89.5 Å². The van der Waals surface area contributed by atoms with Gasteiger partial charge in [0.05, 0.1) is 14.5 Å². The number of hydrogen-bond donors (Lipinski definition) is 1. The highest BCUT2D eigenvalue weighted by atomic mass is 35.5. The summed E-state index contributed by atoms with van der Waals surface area (Å²) in [5.74, 6) is -0.156. The van der Waals surface area contributed by atoms with Gasteiger partial charge in [-0.1, -0.05) is 17.7 Å². The molecule has 5 heterocycles. The van der Waals surface area contributed by atoms with Crippen molar-refractivity contribution in [2.24, 2.45) is 0 Å². The van der Waals surface area contributed by atoms with Crippen LogP contribution in [0.25, 0.3) is 0 Å². The number of hydrogen-bond acceptors (Lipinski definition) is 6. The minimum atomic E-state index is -0.519. The molecule has 0 saturated carbocycles. The molecule has 10 heteroatoms. The maximum atomic E-state index is 13.6. The van der Waals surface area contributed by atoms with E-state index in [9.17, 15) is 14.4 Å². The lowest BCUT2D eigenvalue weighted by Gasteiger charge is -2.35. The van der Waals surface area contributed by atoms with Crippen LogP contribution >= 0.6 is 34.7 Å². The van der Waals surface area contributed by atoms with Crippen LogP contribution in [0.5, 0.6) is 0 Å². The van der Waals surface area contributed by atoms with Gasteiger partial charge >= 0.3 is 0 Å². The summed E-state index contributed by atoms with van der Waals surface area (Å²) in [5.41, 5.74) is 1.25. The molecular weight excluding hydrogens is 480 g/mol. The average Bonchev–Trinajstić information content (AvgIpc) is 3.45. The topological polar surface area (TPSA) is 73.0 Å². The highest BCUT2D eigenvalue weighted by Crippen LogP contribution is 2.35. The lowest BCUT2D eigenvalue weighted by molar-refractivity contribution is -0.138. The van der Waals surface area contributed by atoms with E-state index in [-0.39, 0.29) is 29.0 Å². The first-order valence-corrected chi connectivity index (χ1v) is 13.7. The Morgan fingerprint density at radius 2 is 1.94 bits per heavy atom. The molecule has 5 rings (SSSR count). The zero-order valence-corrected chi connectivity index (χ0v) is 21.1. The van der Waals surface area contributed by atoms with Crippen molar-refractivity contribution in [3.8, 4) is 0 Å². The van der Waals surface area contributed by atoms with E-state index in [0.29, 0.717) is 28.6 Å². The fourth-order valence-electron chi connectivity index (χ4n) is 4.89. The molecule has 4 aliphatic rings. The zero-order chi connectivity index (χ0) is 23.1. The Hall–Kier alpha value is -1.55. The molecule has 3 atom stereocenters. The third-order valence-electron chi connectivity index (χ3n) is 6.99. The molecule has 0 radical (unpaired) electrons. The summed E-state index contributed by atoms with van der Waals surface area (Å²) in [5, 5.41) is 2.84.